The topological polar surface area (TPSA) is 26.0 Å². The summed E-state index contributed by atoms with van der Waals surface area (Å²) in [5.74, 6) is 2.10. The summed E-state index contributed by atoms with van der Waals surface area (Å²) in [6, 6.07) is 0. The van der Waals surface area contributed by atoms with Crippen molar-refractivity contribution in [3.8, 4) is 0 Å². The lowest BCUT2D eigenvalue weighted by Crippen LogP contribution is -2.17. The van der Waals surface area contributed by atoms with Gasteiger partial charge in [-0.15, -0.1) is 0 Å². The summed E-state index contributed by atoms with van der Waals surface area (Å²) in [5.41, 5.74) is 5.46. The lowest BCUT2D eigenvalue weighted by molar-refractivity contribution is 0.541. The zero-order valence-electron chi connectivity index (χ0n) is 6.07. The Morgan fingerprint density at radius 3 is 2.00 bits per heavy atom. The fourth-order valence-electron chi connectivity index (χ4n) is 0.811. The standard InChI is InChI=1S/C7H16N/c1-4-7(5-8)6(2)3/h7H,4-5,8H2,1-3H3. The molecule has 0 aliphatic rings. The number of rotatable bonds is 3. The normalized spacial score (nSPS) is 14.6. The minimum Gasteiger partial charge on any atom is -0.330 e. The van der Waals surface area contributed by atoms with Crippen LogP contribution >= 0.6 is 0 Å². The van der Waals surface area contributed by atoms with Crippen LogP contribution in [-0.2, 0) is 0 Å². The van der Waals surface area contributed by atoms with Crippen LogP contribution in [0.25, 0.3) is 0 Å². The molecule has 0 spiro atoms. The van der Waals surface area contributed by atoms with Gasteiger partial charge in [-0.25, -0.2) is 0 Å². The second-order valence-corrected chi connectivity index (χ2v) is 2.42. The van der Waals surface area contributed by atoms with E-state index in [2.05, 4.69) is 20.8 Å². The minimum absolute atomic E-state index is 0.648. The van der Waals surface area contributed by atoms with Crippen molar-refractivity contribution < 1.29 is 0 Å². The van der Waals surface area contributed by atoms with E-state index in [4.69, 9.17) is 5.73 Å². The first-order valence-corrected chi connectivity index (χ1v) is 3.22. The molecule has 8 heavy (non-hydrogen) atoms. The number of nitrogens with two attached hydrogens (primary N) is 1. The molecule has 1 unspecified atom stereocenters. The second-order valence-electron chi connectivity index (χ2n) is 2.42. The van der Waals surface area contributed by atoms with Crippen molar-refractivity contribution in [1.82, 2.24) is 0 Å². The Bertz CT molecular complexity index is 46.3. The van der Waals surface area contributed by atoms with Crippen LogP contribution in [0.1, 0.15) is 27.2 Å². The van der Waals surface area contributed by atoms with Gasteiger partial charge in [0, 0.05) is 0 Å². The molecular weight excluding hydrogens is 98.1 g/mol. The van der Waals surface area contributed by atoms with Crippen LogP contribution in [0.2, 0.25) is 0 Å². The molecular formula is C7H16N. The monoisotopic (exact) mass is 114 g/mol. The van der Waals surface area contributed by atoms with Crippen molar-refractivity contribution in [3.05, 3.63) is 5.92 Å². The maximum atomic E-state index is 5.46. The minimum atomic E-state index is 0.648. The first kappa shape index (κ1) is 7.96. The molecule has 1 atom stereocenters. The first-order chi connectivity index (χ1) is 3.72. The Balaban J connectivity index is 3.35. The van der Waals surface area contributed by atoms with E-state index in [0.29, 0.717) is 5.92 Å². The quantitative estimate of drug-likeness (QED) is 0.592. The Morgan fingerprint density at radius 1 is 1.50 bits per heavy atom. The Labute approximate surface area is 52.3 Å². The van der Waals surface area contributed by atoms with Crippen LogP contribution in [0.5, 0.6) is 0 Å². The van der Waals surface area contributed by atoms with Gasteiger partial charge in [0.2, 0.25) is 0 Å². The van der Waals surface area contributed by atoms with Gasteiger partial charge in [0.15, 0.2) is 0 Å². The predicted octanol–water partition coefficient (Wildman–Crippen LogP) is 1.59. The number of hydrogen-bond acceptors (Lipinski definition) is 1. The van der Waals surface area contributed by atoms with E-state index in [1.165, 1.54) is 12.3 Å². The largest absolute Gasteiger partial charge is 0.330 e. The van der Waals surface area contributed by atoms with Crippen LogP contribution in [0.15, 0.2) is 0 Å². The van der Waals surface area contributed by atoms with E-state index in [1.54, 1.807) is 0 Å². The summed E-state index contributed by atoms with van der Waals surface area (Å²) in [6.45, 7) is 7.26. The van der Waals surface area contributed by atoms with Crippen molar-refractivity contribution in [3.63, 3.8) is 0 Å². The highest BCUT2D eigenvalue weighted by molar-refractivity contribution is 4.86. The Morgan fingerprint density at radius 2 is 2.00 bits per heavy atom. The summed E-state index contributed by atoms with van der Waals surface area (Å²) in [4.78, 5) is 0. The van der Waals surface area contributed by atoms with Gasteiger partial charge in [-0.05, 0) is 18.4 Å². The average Bonchev–Trinajstić information content (AvgIpc) is 1.69. The van der Waals surface area contributed by atoms with E-state index in [1.807, 2.05) is 0 Å². The predicted molar refractivity (Wildman–Crippen MR) is 37.4 cm³/mol. The molecule has 0 saturated carbocycles. The van der Waals surface area contributed by atoms with E-state index in [0.717, 1.165) is 6.54 Å². The molecule has 0 aromatic carbocycles. The van der Waals surface area contributed by atoms with Crippen molar-refractivity contribution in [2.45, 2.75) is 27.2 Å². The van der Waals surface area contributed by atoms with E-state index < -0.39 is 0 Å². The molecule has 0 heterocycles. The molecule has 0 saturated heterocycles. The summed E-state index contributed by atoms with van der Waals surface area (Å²) in [6.07, 6.45) is 1.18. The Kier molecular flexibility index (Phi) is 3.88. The molecule has 1 radical (unpaired) electrons. The maximum Gasteiger partial charge on any atom is -0.00437 e. The highest BCUT2D eigenvalue weighted by atomic mass is 14.5. The molecule has 2 N–H and O–H groups in total. The van der Waals surface area contributed by atoms with Crippen LogP contribution < -0.4 is 5.73 Å². The molecule has 49 valence electrons. The molecule has 0 rings (SSSR count). The average molecular weight is 114 g/mol. The maximum absolute atomic E-state index is 5.46. The van der Waals surface area contributed by atoms with Crippen molar-refractivity contribution in [2.75, 3.05) is 6.54 Å². The third kappa shape index (κ3) is 2.31. The molecule has 0 aromatic rings. The van der Waals surface area contributed by atoms with Crippen molar-refractivity contribution in [1.29, 1.82) is 0 Å². The zero-order valence-corrected chi connectivity index (χ0v) is 6.07. The van der Waals surface area contributed by atoms with Gasteiger partial charge in [-0.3, -0.25) is 0 Å². The fourth-order valence-corrected chi connectivity index (χ4v) is 0.811. The summed E-state index contributed by atoms with van der Waals surface area (Å²) < 4.78 is 0. The van der Waals surface area contributed by atoms with Crippen molar-refractivity contribution in [2.24, 2.45) is 11.7 Å². The highest BCUT2D eigenvalue weighted by Gasteiger charge is 2.07. The van der Waals surface area contributed by atoms with Gasteiger partial charge in [-0.2, -0.15) is 0 Å². The van der Waals surface area contributed by atoms with E-state index >= 15 is 0 Å². The summed E-state index contributed by atoms with van der Waals surface area (Å²) in [5, 5.41) is 0. The van der Waals surface area contributed by atoms with Crippen molar-refractivity contribution >= 4 is 0 Å². The molecule has 0 amide bonds. The van der Waals surface area contributed by atoms with Crippen LogP contribution in [-0.4, -0.2) is 6.54 Å². The number of hydrogen-bond donors (Lipinski definition) is 1. The fraction of sp³-hybridized carbons (Fsp3) is 0.857. The van der Waals surface area contributed by atoms with E-state index in [9.17, 15) is 0 Å². The van der Waals surface area contributed by atoms with Crippen LogP contribution in [0.4, 0.5) is 0 Å². The Hall–Kier alpha value is -0.0400. The molecule has 0 fully saturated rings. The van der Waals surface area contributed by atoms with Gasteiger partial charge >= 0.3 is 0 Å². The zero-order chi connectivity index (χ0) is 6.57. The molecule has 0 aliphatic heterocycles. The molecule has 1 nitrogen and oxygen atoms in total. The summed E-state index contributed by atoms with van der Waals surface area (Å²) >= 11 is 0. The highest BCUT2D eigenvalue weighted by Crippen LogP contribution is 2.13. The molecule has 0 bridgehead atoms. The van der Waals surface area contributed by atoms with Crippen LogP contribution in [0.3, 0.4) is 0 Å². The third-order valence-electron chi connectivity index (χ3n) is 1.59. The lowest BCUT2D eigenvalue weighted by atomic mass is 9.94. The molecule has 0 aromatic heterocycles. The van der Waals surface area contributed by atoms with Crippen LogP contribution in [0, 0.1) is 11.8 Å². The van der Waals surface area contributed by atoms with Gasteiger partial charge in [0.1, 0.15) is 0 Å². The third-order valence-corrected chi connectivity index (χ3v) is 1.59. The summed E-state index contributed by atoms with van der Waals surface area (Å²) in [7, 11) is 0. The lowest BCUT2D eigenvalue weighted by Gasteiger charge is -2.14. The molecule has 0 aliphatic carbocycles. The first-order valence-electron chi connectivity index (χ1n) is 3.22. The van der Waals surface area contributed by atoms with Gasteiger partial charge in [-0.1, -0.05) is 27.2 Å². The van der Waals surface area contributed by atoms with Gasteiger partial charge in [0.25, 0.3) is 0 Å². The SMILES string of the molecule is CCC(CN)[C](C)C. The molecule has 1 heteroatoms. The van der Waals surface area contributed by atoms with E-state index in [-0.39, 0.29) is 0 Å². The van der Waals surface area contributed by atoms with Gasteiger partial charge in [0.05, 0.1) is 0 Å². The second kappa shape index (κ2) is 3.90. The smallest absolute Gasteiger partial charge is 0.00437 e. The van der Waals surface area contributed by atoms with Gasteiger partial charge < -0.3 is 5.73 Å².